The summed E-state index contributed by atoms with van der Waals surface area (Å²) in [5.41, 5.74) is 2.28. The molecule has 26 heavy (non-hydrogen) atoms. The van der Waals surface area contributed by atoms with Gasteiger partial charge in [0.1, 0.15) is 5.82 Å². The highest BCUT2D eigenvalue weighted by Crippen LogP contribution is 2.40. The molecule has 0 spiro atoms. The molecule has 1 saturated carbocycles. The highest BCUT2D eigenvalue weighted by Gasteiger charge is 2.29. The highest BCUT2D eigenvalue weighted by atomic mass is 35.5. The first-order valence-corrected chi connectivity index (χ1v) is 8.72. The van der Waals surface area contributed by atoms with E-state index < -0.39 is 0 Å². The van der Waals surface area contributed by atoms with E-state index in [0.717, 1.165) is 37.9 Å². The Morgan fingerprint density at radius 3 is 2.69 bits per heavy atom. The lowest BCUT2D eigenvalue weighted by atomic mass is 10.0. The number of nitrogens with zero attached hydrogens (tertiary/aromatic N) is 2. The summed E-state index contributed by atoms with van der Waals surface area (Å²) < 4.78 is 13.7. The van der Waals surface area contributed by atoms with Crippen molar-refractivity contribution >= 4 is 41.6 Å². The first-order chi connectivity index (χ1) is 11.7. The number of nitrogens with one attached hydrogen (secondary N) is 1. The van der Waals surface area contributed by atoms with Crippen molar-refractivity contribution in [2.45, 2.75) is 37.6 Å². The molecule has 1 aromatic carbocycles. The monoisotopic (exact) mass is 399 g/mol. The minimum absolute atomic E-state index is 0. The molecule has 1 atom stereocenters. The van der Waals surface area contributed by atoms with E-state index in [1.54, 1.807) is 6.07 Å². The molecular formula is C19H24Cl2FN3O. The molecule has 1 saturated heterocycles. The summed E-state index contributed by atoms with van der Waals surface area (Å²) in [6, 6.07) is 6.75. The van der Waals surface area contributed by atoms with Crippen LogP contribution in [-0.4, -0.2) is 42.0 Å². The molecule has 2 heterocycles. The van der Waals surface area contributed by atoms with Crippen LogP contribution in [0, 0.1) is 5.82 Å². The SMILES string of the molecule is CNC1CCCN(C(=O)c2cc(C3CC3)nc3ccc(F)cc23)C1.Cl.Cl. The third-order valence-electron chi connectivity index (χ3n) is 5.13. The molecule has 4 nitrogen and oxygen atoms in total. The van der Waals surface area contributed by atoms with E-state index in [1.807, 2.05) is 18.0 Å². The number of piperidine rings is 1. The standard InChI is InChI=1S/C19H22FN3O.2ClH/c1-21-14-3-2-8-23(11-14)19(24)16-10-18(12-4-5-12)22-17-7-6-13(20)9-15(16)17;;/h6-7,9-10,12,14,21H,2-5,8,11H2,1H3;2*1H. The molecule has 1 aliphatic carbocycles. The zero-order valence-corrected chi connectivity index (χ0v) is 16.3. The lowest BCUT2D eigenvalue weighted by Gasteiger charge is -2.33. The molecule has 7 heteroatoms. The largest absolute Gasteiger partial charge is 0.337 e. The van der Waals surface area contributed by atoms with Crippen molar-refractivity contribution in [1.82, 2.24) is 15.2 Å². The summed E-state index contributed by atoms with van der Waals surface area (Å²) in [4.78, 5) is 19.7. The Labute approximate surface area is 165 Å². The van der Waals surface area contributed by atoms with Crippen LogP contribution in [0.1, 0.15) is 47.7 Å². The second-order valence-corrected chi connectivity index (χ2v) is 6.91. The van der Waals surface area contributed by atoms with Gasteiger partial charge in [-0.2, -0.15) is 0 Å². The average molecular weight is 400 g/mol. The number of likely N-dealkylation sites (tertiary alicyclic amines) is 1. The number of halogens is 3. The summed E-state index contributed by atoms with van der Waals surface area (Å²) >= 11 is 0. The molecule has 0 bridgehead atoms. The minimum Gasteiger partial charge on any atom is -0.337 e. The Bertz CT molecular complexity index is 798. The van der Waals surface area contributed by atoms with E-state index in [2.05, 4.69) is 10.3 Å². The number of aromatic nitrogens is 1. The summed E-state index contributed by atoms with van der Waals surface area (Å²) in [7, 11) is 1.93. The summed E-state index contributed by atoms with van der Waals surface area (Å²) in [6.07, 6.45) is 4.32. The molecule has 1 unspecified atom stereocenters. The second-order valence-electron chi connectivity index (χ2n) is 6.91. The molecule has 4 rings (SSSR count). The Morgan fingerprint density at radius 1 is 1.23 bits per heavy atom. The summed E-state index contributed by atoms with van der Waals surface area (Å²) in [5.74, 6) is 0.122. The Kier molecular flexibility index (Phi) is 6.83. The molecule has 1 N–H and O–H groups in total. The van der Waals surface area contributed by atoms with Crippen molar-refractivity contribution in [3.05, 3.63) is 41.3 Å². The van der Waals surface area contributed by atoms with Crippen LogP contribution in [0.15, 0.2) is 24.3 Å². The molecule has 2 fully saturated rings. The third kappa shape index (κ3) is 4.11. The zero-order valence-electron chi connectivity index (χ0n) is 14.7. The van der Waals surface area contributed by atoms with Crippen LogP contribution in [0.5, 0.6) is 0 Å². The van der Waals surface area contributed by atoms with Gasteiger partial charge < -0.3 is 10.2 Å². The van der Waals surface area contributed by atoms with Crippen LogP contribution in [0.4, 0.5) is 4.39 Å². The second kappa shape index (κ2) is 8.51. The van der Waals surface area contributed by atoms with Crippen molar-refractivity contribution < 1.29 is 9.18 Å². The fourth-order valence-electron chi connectivity index (χ4n) is 3.55. The average Bonchev–Trinajstić information content (AvgIpc) is 3.45. The van der Waals surface area contributed by atoms with Crippen LogP contribution >= 0.6 is 24.8 Å². The van der Waals surface area contributed by atoms with Crippen LogP contribution in [0.2, 0.25) is 0 Å². The maximum Gasteiger partial charge on any atom is 0.254 e. The maximum atomic E-state index is 13.7. The number of carbonyl (C=O) groups is 1. The van der Waals surface area contributed by atoms with Crippen molar-refractivity contribution in [1.29, 1.82) is 0 Å². The first kappa shape index (κ1) is 20.9. The first-order valence-electron chi connectivity index (χ1n) is 8.72. The van der Waals surface area contributed by atoms with Crippen molar-refractivity contribution in [3.63, 3.8) is 0 Å². The number of hydrogen-bond acceptors (Lipinski definition) is 3. The van der Waals surface area contributed by atoms with Gasteiger partial charge in [-0.1, -0.05) is 0 Å². The van der Waals surface area contributed by atoms with Gasteiger partial charge in [-0.3, -0.25) is 9.78 Å². The Balaban J connectivity index is 0.00000121. The number of fused-ring (bicyclic) bond motifs is 1. The molecule has 2 aromatic rings. The van der Waals surface area contributed by atoms with Crippen LogP contribution in [0.3, 0.4) is 0 Å². The molecule has 142 valence electrons. The van der Waals surface area contributed by atoms with Crippen LogP contribution in [0.25, 0.3) is 10.9 Å². The van der Waals surface area contributed by atoms with E-state index in [1.165, 1.54) is 12.1 Å². The molecule has 1 aromatic heterocycles. The number of pyridine rings is 1. The summed E-state index contributed by atoms with van der Waals surface area (Å²) in [6.45, 7) is 1.46. The zero-order chi connectivity index (χ0) is 16.7. The fourth-order valence-corrected chi connectivity index (χ4v) is 3.55. The van der Waals surface area contributed by atoms with E-state index in [-0.39, 0.29) is 36.5 Å². The number of rotatable bonds is 3. The maximum absolute atomic E-state index is 13.7. The van der Waals surface area contributed by atoms with Crippen molar-refractivity contribution in [3.8, 4) is 0 Å². The summed E-state index contributed by atoms with van der Waals surface area (Å²) in [5, 5.41) is 3.88. The normalized spacial score (nSPS) is 19.6. The fraction of sp³-hybridized carbons (Fsp3) is 0.474. The van der Waals surface area contributed by atoms with Crippen LogP contribution in [-0.2, 0) is 0 Å². The Morgan fingerprint density at radius 2 is 2.00 bits per heavy atom. The number of amides is 1. The topological polar surface area (TPSA) is 45.2 Å². The van der Waals surface area contributed by atoms with Gasteiger partial charge in [0.05, 0.1) is 11.1 Å². The van der Waals surface area contributed by atoms with Crippen molar-refractivity contribution in [2.24, 2.45) is 0 Å². The molecule has 1 aliphatic heterocycles. The van der Waals surface area contributed by atoms with Gasteiger partial charge in [-0.25, -0.2) is 4.39 Å². The van der Waals surface area contributed by atoms with E-state index in [0.29, 0.717) is 35.0 Å². The van der Waals surface area contributed by atoms with E-state index in [9.17, 15) is 9.18 Å². The van der Waals surface area contributed by atoms with Gasteiger partial charge >= 0.3 is 0 Å². The number of benzene rings is 1. The number of likely N-dealkylation sites (N-methyl/N-ethyl adjacent to an activating group) is 1. The quantitative estimate of drug-likeness (QED) is 0.850. The van der Waals surface area contributed by atoms with Gasteiger partial charge in [0.2, 0.25) is 0 Å². The Hall–Kier alpha value is -1.43. The van der Waals surface area contributed by atoms with Gasteiger partial charge in [0.15, 0.2) is 0 Å². The highest BCUT2D eigenvalue weighted by molar-refractivity contribution is 6.06. The van der Waals surface area contributed by atoms with Crippen molar-refractivity contribution in [2.75, 3.05) is 20.1 Å². The number of hydrogen-bond donors (Lipinski definition) is 1. The lowest BCUT2D eigenvalue weighted by Crippen LogP contribution is -2.47. The van der Waals surface area contributed by atoms with Crippen LogP contribution < -0.4 is 5.32 Å². The molecule has 0 radical (unpaired) electrons. The van der Waals surface area contributed by atoms with Gasteiger partial charge in [-0.15, -0.1) is 24.8 Å². The number of carbonyl (C=O) groups excluding carboxylic acids is 1. The third-order valence-corrected chi connectivity index (χ3v) is 5.13. The van der Waals surface area contributed by atoms with Gasteiger partial charge in [0, 0.05) is 36.1 Å². The predicted octanol–water partition coefficient (Wildman–Crippen LogP) is 3.92. The minimum atomic E-state index is -0.329. The van der Waals surface area contributed by atoms with E-state index in [4.69, 9.17) is 0 Å². The molecule has 2 aliphatic rings. The lowest BCUT2D eigenvalue weighted by molar-refractivity contribution is 0.0700. The van der Waals surface area contributed by atoms with Gasteiger partial charge in [-0.05, 0) is 57.0 Å². The predicted molar refractivity (Wildman–Crippen MR) is 106 cm³/mol. The van der Waals surface area contributed by atoms with Gasteiger partial charge in [0.25, 0.3) is 5.91 Å². The molecule has 1 amide bonds. The smallest absolute Gasteiger partial charge is 0.254 e. The van der Waals surface area contributed by atoms with E-state index >= 15 is 0 Å². The molecular weight excluding hydrogens is 376 g/mol.